The number of nitrogens with zero attached hydrogens (tertiary/aromatic N) is 3. The van der Waals surface area contributed by atoms with Crippen molar-refractivity contribution in [3.63, 3.8) is 0 Å². The number of carboxylic acid groups (broad SMARTS) is 1. The highest BCUT2D eigenvalue weighted by molar-refractivity contribution is 7.13. The molecule has 4 aromatic rings. The second-order valence-electron chi connectivity index (χ2n) is 12.6. The van der Waals surface area contributed by atoms with E-state index in [1.807, 2.05) is 24.3 Å². The summed E-state index contributed by atoms with van der Waals surface area (Å²) in [7, 11) is 0. The molecular formula is C32H31Cl2N3O4S. The third-order valence-electron chi connectivity index (χ3n) is 10.3. The molecule has 0 amide bonds. The lowest BCUT2D eigenvalue weighted by molar-refractivity contribution is -0.161. The van der Waals surface area contributed by atoms with Crippen LogP contribution in [0, 0.1) is 17.3 Å². The lowest BCUT2D eigenvalue weighted by Crippen LogP contribution is -2.62. The quantitative estimate of drug-likeness (QED) is 0.221. The molecule has 42 heavy (non-hydrogen) atoms. The van der Waals surface area contributed by atoms with E-state index in [0.717, 1.165) is 65.7 Å². The van der Waals surface area contributed by atoms with Crippen LogP contribution >= 0.6 is 34.7 Å². The highest BCUT2D eigenvalue weighted by atomic mass is 35.5. The molecule has 0 radical (unpaired) electrons. The van der Waals surface area contributed by atoms with Gasteiger partial charge in [0.05, 0.1) is 27.5 Å². The molecule has 7 nitrogen and oxygen atoms in total. The van der Waals surface area contributed by atoms with E-state index in [1.54, 1.807) is 0 Å². The van der Waals surface area contributed by atoms with Crippen molar-refractivity contribution in [2.24, 2.45) is 17.3 Å². The highest BCUT2D eigenvalue weighted by Gasteiger charge is 2.58. The first-order valence-electron chi connectivity index (χ1n) is 14.8. The van der Waals surface area contributed by atoms with Crippen LogP contribution in [0.1, 0.15) is 72.7 Å². The summed E-state index contributed by atoms with van der Waals surface area (Å²) in [6.45, 7) is 2.53. The van der Waals surface area contributed by atoms with E-state index in [9.17, 15) is 9.90 Å². The first kappa shape index (κ1) is 26.9. The molecule has 4 fully saturated rings. The molecule has 2 aromatic carbocycles. The molecule has 0 unspecified atom stereocenters. The monoisotopic (exact) mass is 623 g/mol. The second-order valence-corrected chi connectivity index (χ2v) is 14.2. The van der Waals surface area contributed by atoms with E-state index < -0.39 is 5.97 Å². The number of ether oxygens (including phenoxy) is 1. The van der Waals surface area contributed by atoms with Gasteiger partial charge in [0.25, 0.3) is 0 Å². The maximum absolute atomic E-state index is 11.5. The summed E-state index contributed by atoms with van der Waals surface area (Å²) in [5.74, 6) is 1.62. The van der Waals surface area contributed by atoms with Gasteiger partial charge >= 0.3 is 5.97 Å². The van der Waals surface area contributed by atoms with E-state index >= 15 is 0 Å². The van der Waals surface area contributed by atoms with Crippen LogP contribution < -0.4 is 4.90 Å². The summed E-state index contributed by atoms with van der Waals surface area (Å²) in [5.41, 5.74) is 4.08. The fourth-order valence-corrected chi connectivity index (χ4v) is 9.36. The number of rotatable bonds is 7. The third-order valence-corrected chi connectivity index (χ3v) is 11.7. The standard InChI is InChI=1S/C32H31Cl2N3O4S/c33-24-5-2-6-25(34)27(24)28-23(30(41-35-28)17-7-8-17)16-40-21-12-32(13-21)18-3-1-4-19(32)15-37(14-18)20-9-10-22-26(11-20)42-36-29(22)31(38)39/h2,5-6,9-11,17-19,21H,1,3-4,7-8,12-16H2,(H,38,39)/t18-,19+,21?,32?. The summed E-state index contributed by atoms with van der Waals surface area (Å²) in [5, 5.41) is 15.7. The minimum absolute atomic E-state index is 0.147. The minimum atomic E-state index is -0.970. The van der Waals surface area contributed by atoms with Crippen molar-refractivity contribution in [2.45, 2.75) is 63.6 Å². The number of benzene rings is 2. The Hall–Kier alpha value is -2.65. The van der Waals surface area contributed by atoms with Crippen molar-refractivity contribution in [1.82, 2.24) is 9.53 Å². The Morgan fingerprint density at radius 2 is 1.83 bits per heavy atom. The van der Waals surface area contributed by atoms with Gasteiger partial charge in [-0.05, 0) is 97.6 Å². The van der Waals surface area contributed by atoms with Crippen molar-refractivity contribution >= 4 is 56.5 Å². The van der Waals surface area contributed by atoms with Crippen molar-refractivity contribution in [2.75, 3.05) is 18.0 Å². The van der Waals surface area contributed by atoms with Gasteiger partial charge < -0.3 is 19.3 Å². The van der Waals surface area contributed by atoms with Crippen LogP contribution in [0.15, 0.2) is 40.9 Å². The normalized spacial score (nSPS) is 27.0. The molecule has 2 bridgehead atoms. The molecule has 10 heteroatoms. The molecule has 3 aliphatic carbocycles. The van der Waals surface area contributed by atoms with Gasteiger partial charge in [0, 0.05) is 41.2 Å². The van der Waals surface area contributed by atoms with Crippen LogP contribution in [0.3, 0.4) is 0 Å². The van der Waals surface area contributed by atoms with Gasteiger partial charge in [-0.3, -0.25) is 0 Å². The van der Waals surface area contributed by atoms with Gasteiger partial charge in [-0.2, -0.15) is 4.37 Å². The largest absolute Gasteiger partial charge is 0.476 e. The molecule has 1 spiro atoms. The Bertz CT molecular complexity index is 1660. The number of hydrogen-bond donors (Lipinski definition) is 1. The molecule has 1 aliphatic heterocycles. The number of piperidine rings is 1. The van der Waals surface area contributed by atoms with E-state index in [0.29, 0.717) is 45.5 Å². The zero-order chi connectivity index (χ0) is 28.6. The second kappa shape index (κ2) is 10.2. The van der Waals surface area contributed by atoms with Crippen molar-refractivity contribution in [3.8, 4) is 11.3 Å². The topological polar surface area (TPSA) is 88.7 Å². The number of fused-ring (bicyclic) bond motifs is 1. The Labute approximate surface area is 257 Å². The molecule has 3 saturated carbocycles. The van der Waals surface area contributed by atoms with Gasteiger partial charge in [0.2, 0.25) is 0 Å². The van der Waals surface area contributed by atoms with Crippen LogP contribution in [0.25, 0.3) is 21.3 Å². The zero-order valence-corrected chi connectivity index (χ0v) is 25.4. The van der Waals surface area contributed by atoms with E-state index in [1.165, 1.54) is 36.5 Å². The van der Waals surface area contributed by atoms with Crippen LogP contribution in [0.4, 0.5) is 5.69 Å². The smallest absolute Gasteiger partial charge is 0.356 e. The average molecular weight is 625 g/mol. The Morgan fingerprint density at radius 1 is 1.10 bits per heavy atom. The SMILES string of the molecule is O=C(O)c1nsc2cc(N3C[C@H]4CCC[C@@H](C3)C43CC(OCc4c(-c5c(Cl)cccc5Cl)noc4C4CC4)C3)ccc12. The Balaban J connectivity index is 0.977. The molecule has 218 valence electrons. The van der Waals surface area contributed by atoms with Gasteiger partial charge in [0.1, 0.15) is 11.5 Å². The number of anilines is 1. The number of aromatic carboxylic acids is 1. The summed E-state index contributed by atoms with van der Waals surface area (Å²) < 4.78 is 17.5. The van der Waals surface area contributed by atoms with E-state index in [-0.39, 0.29) is 11.8 Å². The van der Waals surface area contributed by atoms with E-state index in [2.05, 4.69) is 26.6 Å². The maximum Gasteiger partial charge on any atom is 0.356 e. The lowest BCUT2D eigenvalue weighted by Gasteiger charge is -2.63. The highest BCUT2D eigenvalue weighted by Crippen LogP contribution is 2.61. The van der Waals surface area contributed by atoms with E-state index in [4.69, 9.17) is 32.5 Å². The number of carboxylic acids is 1. The predicted molar refractivity (Wildman–Crippen MR) is 164 cm³/mol. The summed E-state index contributed by atoms with van der Waals surface area (Å²) >= 11 is 14.4. The predicted octanol–water partition coefficient (Wildman–Crippen LogP) is 8.44. The molecule has 3 heterocycles. The zero-order valence-electron chi connectivity index (χ0n) is 23.0. The lowest BCUT2D eigenvalue weighted by atomic mass is 9.48. The Kier molecular flexibility index (Phi) is 6.56. The van der Waals surface area contributed by atoms with Crippen molar-refractivity contribution in [3.05, 3.63) is 63.5 Å². The average Bonchev–Trinajstić information content (AvgIpc) is 3.56. The third kappa shape index (κ3) is 4.36. The fraction of sp³-hybridized carbons (Fsp3) is 0.469. The van der Waals surface area contributed by atoms with Gasteiger partial charge in [-0.1, -0.05) is 40.8 Å². The molecule has 1 N–H and O–H groups in total. The van der Waals surface area contributed by atoms with Crippen LogP contribution in [-0.4, -0.2) is 39.8 Å². The summed E-state index contributed by atoms with van der Waals surface area (Å²) in [6, 6.07) is 11.6. The number of halogens is 2. The first-order valence-corrected chi connectivity index (χ1v) is 16.4. The number of carbonyl (C=O) groups is 1. The molecular weight excluding hydrogens is 593 g/mol. The van der Waals surface area contributed by atoms with Crippen LogP contribution in [0.5, 0.6) is 0 Å². The van der Waals surface area contributed by atoms with Crippen LogP contribution in [-0.2, 0) is 11.3 Å². The van der Waals surface area contributed by atoms with Gasteiger partial charge in [0.15, 0.2) is 5.69 Å². The van der Waals surface area contributed by atoms with Crippen molar-refractivity contribution in [1.29, 1.82) is 0 Å². The fourth-order valence-electron chi connectivity index (χ4n) is 7.98. The molecule has 2 atom stereocenters. The first-order chi connectivity index (χ1) is 20.4. The molecule has 2 aromatic heterocycles. The molecule has 4 aliphatic rings. The van der Waals surface area contributed by atoms with Gasteiger partial charge in [-0.25, -0.2) is 4.79 Å². The minimum Gasteiger partial charge on any atom is -0.476 e. The van der Waals surface area contributed by atoms with Crippen LogP contribution in [0.2, 0.25) is 10.0 Å². The maximum atomic E-state index is 11.5. The molecule has 1 saturated heterocycles. The summed E-state index contributed by atoms with van der Waals surface area (Å²) in [6.07, 6.45) is 8.42. The van der Waals surface area contributed by atoms with Gasteiger partial charge in [-0.15, -0.1) is 0 Å². The number of aromatic nitrogens is 2. The number of hydrogen-bond acceptors (Lipinski definition) is 7. The van der Waals surface area contributed by atoms with Crippen molar-refractivity contribution < 1.29 is 19.2 Å². The Morgan fingerprint density at radius 3 is 2.52 bits per heavy atom. The molecule has 8 rings (SSSR count). The summed E-state index contributed by atoms with van der Waals surface area (Å²) in [4.78, 5) is 14.0.